The molecule has 2 atom stereocenters. The van der Waals surface area contributed by atoms with Gasteiger partial charge in [-0.3, -0.25) is 4.90 Å². The Labute approximate surface area is 208 Å². The normalized spacial score (nSPS) is 16.7. The van der Waals surface area contributed by atoms with Crippen LogP contribution in [0.2, 0.25) is 0 Å². The van der Waals surface area contributed by atoms with E-state index in [1.54, 1.807) is 4.68 Å². The van der Waals surface area contributed by atoms with E-state index in [1.807, 2.05) is 50.4 Å². The van der Waals surface area contributed by atoms with Crippen molar-refractivity contribution in [2.45, 2.75) is 45.4 Å². The highest BCUT2D eigenvalue weighted by Crippen LogP contribution is 2.34. The van der Waals surface area contributed by atoms with Gasteiger partial charge in [-0.05, 0) is 44.4 Å². The summed E-state index contributed by atoms with van der Waals surface area (Å²) in [6, 6.07) is 18.2. The second-order valence-electron chi connectivity index (χ2n) is 9.18. The van der Waals surface area contributed by atoms with Crippen molar-refractivity contribution in [3.8, 4) is 22.9 Å². The molecule has 1 saturated heterocycles. The lowest BCUT2D eigenvalue weighted by Gasteiger charge is -2.27. The van der Waals surface area contributed by atoms with Crippen molar-refractivity contribution in [2.75, 3.05) is 32.9 Å². The Bertz CT molecular complexity index is 1060. The molecule has 188 valence electrons. The van der Waals surface area contributed by atoms with Gasteiger partial charge in [-0.2, -0.15) is 5.10 Å². The van der Waals surface area contributed by atoms with E-state index in [-0.39, 0.29) is 6.10 Å². The molecule has 1 aliphatic heterocycles. The Morgan fingerprint density at radius 1 is 1.20 bits per heavy atom. The molecule has 2 heterocycles. The van der Waals surface area contributed by atoms with Crippen LogP contribution in [0.3, 0.4) is 0 Å². The summed E-state index contributed by atoms with van der Waals surface area (Å²) in [4.78, 5) is 2.24. The zero-order chi connectivity index (χ0) is 24.6. The molecule has 0 radical (unpaired) electrons. The Balaban J connectivity index is 1.67. The number of rotatable bonds is 12. The summed E-state index contributed by atoms with van der Waals surface area (Å²) in [6.45, 7) is 7.46. The van der Waals surface area contributed by atoms with E-state index in [4.69, 9.17) is 19.3 Å². The second-order valence-corrected chi connectivity index (χ2v) is 9.18. The average Bonchev–Trinajstić information content (AvgIpc) is 3.47. The van der Waals surface area contributed by atoms with Gasteiger partial charge in [0.2, 0.25) is 5.88 Å². The zero-order valence-electron chi connectivity index (χ0n) is 21.0. The van der Waals surface area contributed by atoms with Crippen molar-refractivity contribution >= 4 is 0 Å². The summed E-state index contributed by atoms with van der Waals surface area (Å²) >= 11 is 0. The molecule has 1 aliphatic rings. The highest BCUT2D eigenvalue weighted by atomic mass is 16.5. The van der Waals surface area contributed by atoms with Crippen LogP contribution >= 0.6 is 0 Å². The molecule has 1 N–H and O–H groups in total. The third-order valence-electron chi connectivity index (χ3n) is 6.19. The topological polar surface area (TPSA) is 69.0 Å². The third kappa shape index (κ3) is 6.92. The van der Waals surface area contributed by atoms with Gasteiger partial charge >= 0.3 is 0 Å². The maximum Gasteiger partial charge on any atom is 0.222 e. The van der Waals surface area contributed by atoms with Crippen LogP contribution in [0.4, 0.5) is 0 Å². The summed E-state index contributed by atoms with van der Waals surface area (Å²) in [5.41, 5.74) is 4.03. The lowest BCUT2D eigenvalue weighted by Crippen LogP contribution is -2.39. The second kappa shape index (κ2) is 12.3. The van der Waals surface area contributed by atoms with Crippen molar-refractivity contribution in [3.05, 3.63) is 65.7 Å². The minimum Gasteiger partial charge on any atom is -0.439 e. The number of nitrogens with zero attached hydrogens (tertiary/aromatic N) is 3. The Kier molecular flexibility index (Phi) is 8.93. The van der Waals surface area contributed by atoms with E-state index in [9.17, 15) is 5.11 Å². The van der Waals surface area contributed by atoms with Gasteiger partial charge in [-0.1, -0.05) is 42.5 Å². The lowest BCUT2D eigenvalue weighted by molar-refractivity contribution is 0.00505. The van der Waals surface area contributed by atoms with Crippen molar-refractivity contribution in [2.24, 2.45) is 7.05 Å². The fourth-order valence-electron chi connectivity index (χ4n) is 4.55. The highest BCUT2D eigenvalue weighted by Gasteiger charge is 2.26. The molecule has 1 fully saturated rings. The molecule has 4 rings (SSSR count). The van der Waals surface area contributed by atoms with Gasteiger partial charge in [-0.15, -0.1) is 0 Å². The molecule has 0 saturated carbocycles. The molecule has 1 aromatic heterocycles. The number of ether oxygens (including phenoxy) is 3. The van der Waals surface area contributed by atoms with Gasteiger partial charge in [0.05, 0.1) is 24.4 Å². The van der Waals surface area contributed by atoms with E-state index >= 15 is 0 Å². The molecule has 2 aromatic carbocycles. The van der Waals surface area contributed by atoms with Crippen LogP contribution in [-0.2, 0) is 23.1 Å². The molecular weight excluding hydrogens is 442 g/mol. The smallest absolute Gasteiger partial charge is 0.222 e. The molecule has 0 unspecified atom stereocenters. The SMILES string of the molecule is CCOC[C@H](O)CN(Cc1c(-c2ccccc2)nn(C)c1Oc1cccc(C)c1)C[C@@H]1CCCO1. The minimum absolute atomic E-state index is 0.160. The standard InChI is InChI=1S/C28H37N3O4/c1-4-33-20-23(32)17-31(18-25-14-9-15-34-25)19-26-27(22-11-6-5-7-12-22)29-30(3)28(26)35-24-13-8-10-21(2)16-24/h5-8,10-13,16,23,25,32H,4,9,14-15,17-20H2,1-3H3/t23-,25+/m1/s1. The van der Waals surface area contributed by atoms with Crippen LogP contribution in [0.5, 0.6) is 11.6 Å². The van der Waals surface area contributed by atoms with Crippen molar-refractivity contribution in [3.63, 3.8) is 0 Å². The first-order valence-corrected chi connectivity index (χ1v) is 12.5. The van der Waals surface area contributed by atoms with E-state index in [2.05, 4.69) is 30.0 Å². The average molecular weight is 480 g/mol. The molecule has 3 aromatic rings. The summed E-state index contributed by atoms with van der Waals surface area (Å²) < 4.78 is 19.6. The van der Waals surface area contributed by atoms with Crippen LogP contribution < -0.4 is 4.74 Å². The molecule has 0 amide bonds. The van der Waals surface area contributed by atoms with Gasteiger partial charge < -0.3 is 19.3 Å². The molecule has 0 spiro atoms. The summed E-state index contributed by atoms with van der Waals surface area (Å²) in [5, 5.41) is 15.5. The third-order valence-corrected chi connectivity index (χ3v) is 6.19. The number of aliphatic hydroxyl groups excluding tert-OH is 1. The summed E-state index contributed by atoms with van der Waals surface area (Å²) in [6.07, 6.45) is 1.68. The fourth-order valence-corrected chi connectivity index (χ4v) is 4.55. The number of benzene rings is 2. The predicted octanol–water partition coefficient (Wildman–Crippen LogP) is 4.57. The van der Waals surface area contributed by atoms with E-state index < -0.39 is 6.10 Å². The van der Waals surface area contributed by atoms with Crippen LogP contribution in [-0.4, -0.2) is 64.9 Å². The van der Waals surface area contributed by atoms with Crippen LogP contribution in [0, 0.1) is 6.92 Å². The Morgan fingerprint density at radius 3 is 2.74 bits per heavy atom. The number of aryl methyl sites for hydroxylation is 2. The maximum atomic E-state index is 10.7. The van der Waals surface area contributed by atoms with E-state index in [0.29, 0.717) is 32.2 Å². The number of aromatic nitrogens is 2. The molecule has 0 aliphatic carbocycles. The number of hydrogen-bond acceptors (Lipinski definition) is 6. The quantitative estimate of drug-likeness (QED) is 0.411. The van der Waals surface area contributed by atoms with Crippen molar-refractivity contribution in [1.82, 2.24) is 14.7 Å². The predicted molar refractivity (Wildman–Crippen MR) is 137 cm³/mol. The molecule has 7 nitrogen and oxygen atoms in total. The van der Waals surface area contributed by atoms with Crippen LogP contribution in [0.15, 0.2) is 54.6 Å². The first kappa shape index (κ1) is 25.4. The first-order valence-electron chi connectivity index (χ1n) is 12.5. The summed E-state index contributed by atoms with van der Waals surface area (Å²) in [5.74, 6) is 1.47. The number of aliphatic hydroxyl groups is 1. The van der Waals surface area contributed by atoms with Crippen LogP contribution in [0.25, 0.3) is 11.3 Å². The largest absolute Gasteiger partial charge is 0.439 e. The van der Waals surface area contributed by atoms with Gasteiger partial charge in [0, 0.05) is 45.5 Å². The zero-order valence-corrected chi connectivity index (χ0v) is 21.0. The highest BCUT2D eigenvalue weighted by molar-refractivity contribution is 5.65. The van der Waals surface area contributed by atoms with Crippen molar-refractivity contribution < 1.29 is 19.3 Å². The van der Waals surface area contributed by atoms with Gasteiger partial charge in [0.25, 0.3) is 0 Å². The first-order chi connectivity index (χ1) is 17.0. The van der Waals surface area contributed by atoms with Gasteiger partial charge in [0.1, 0.15) is 11.4 Å². The van der Waals surface area contributed by atoms with E-state index in [1.165, 1.54) is 0 Å². The monoisotopic (exact) mass is 479 g/mol. The minimum atomic E-state index is -0.589. The lowest BCUT2D eigenvalue weighted by atomic mass is 10.1. The maximum absolute atomic E-state index is 10.7. The van der Waals surface area contributed by atoms with Gasteiger partial charge in [0.15, 0.2) is 0 Å². The summed E-state index contributed by atoms with van der Waals surface area (Å²) in [7, 11) is 1.91. The van der Waals surface area contributed by atoms with Gasteiger partial charge in [-0.25, -0.2) is 4.68 Å². The molecule has 7 heteroatoms. The Hall–Kier alpha value is -2.71. The van der Waals surface area contributed by atoms with Crippen molar-refractivity contribution in [1.29, 1.82) is 0 Å². The fraction of sp³-hybridized carbons (Fsp3) is 0.464. The molecule has 35 heavy (non-hydrogen) atoms. The number of hydrogen-bond donors (Lipinski definition) is 1. The van der Waals surface area contributed by atoms with E-state index in [0.717, 1.165) is 54.1 Å². The van der Waals surface area contributed by atoms with Crippen LogP contribution in [0.1, 0.15) is 30.9 Å². The molecule has 0 bridgehead atoms. The molecular formula is C28H37N3O4. The Morgan fingerprint density at radius 2 is 2.03 bits per heavy atom.